The number of ether oxygens (including phenoxy) is 3. The van der Waals surface area contributed by atoms with Crippen LogP contribution in [0.5, 0.6) is 5.75 Å². The van der Waals surface area contributed by atoms with Crippen LogP contribution >= 0.6 is 0 Å². The lowest BCUT2D eigenvalue weighted by molar-refractivity contribution is -0.143. The fraction of sp³-hybridized carbons (Fsp3) is 0.471. The molecule has 1 fully saturated rings. The van der Waals surface area contributed by atoms with Gasteiger partial charge in [-0.3, -0.25) is 0 Å². The summed E-state index contributed by atoms with van der Waals surface area (Å²) in [6, 6.07) is 7.56. The maximum absolute atomic E-state index is 11.6. The van der Waals surface area contributed by atoms with Crippen LogP contribution in [-0.2, 0) is 14.3 Å². The predicted octanol–water partition coefficient (Wildman–Crippen LogP) is 3.21. The topological polar surface area (TPSA) is 44.8 Å². The molecule has 114 valence electrons. The van der Waals surface area contributed by atoms with E-state index in [2.05, 4.69) is 0 Å². The highest BCUT2D eigenvalue weighted by Gasteiger charge is 2.15. The van der Waals surface area contributed by atoms with E-state index < -0.39 is 0 Å². The van der Waals surface area contributed by atoms with Crippen molar-refractivity contribution in [1.29, 1.82) is 0 Å². The van der Waals surface area contributed by atoms with Gasteiger partial charge >= 0.3 is 5.97 Å². The maximum Gasteiger partial charge on any atom is 0.330 e. The van der Waals surface area contributed by atoms with Crippen molar-refractivity contribution in [1.82, 2.24) is 0 Å². The molecule has 0 aromatic heterocycles. The van der Waals surface area contributed by atoms with E-state index in [0.717, 1.165) is 37.2 Å². The molecule has 1 aliphatic rings. The van der Waals surface area contributed by atoms with Crippen LogP contribution in [0.15, 0.2) is 30.3 Å². The molecule has 0 aliphatic carbocycles. The van der Waals surface area contributed by atoms with Gasteiger partial charge in [0, 0.05) is 12.7 Å². The molecule has 1 aromatic carbocycles. The van der Waals surface area contributed by atoms with E-state index in [1.807, 2.05) is 31.2 Å². The van der Waals surface area contributed by atoms with Crippen molar-refractivity contribution in [3.63, 3.8) is 0 Å². The Kier molecular flexibility index (Phi) is 6.28. The molecular formula is C17H22O4. The quantitative estimate of drug-likeness (QED) is 0.596. The minimum absolute atomic E-state index is 0.0570. The summed E-state index contributed by atoms with van der Waals surface area (Å²) in [6.45, 7) is 3.70. The first-order valence-electron chi connectivity index (χ1n) is 7.47. The fourth-order valence-corrected chi connectivity index (χ4v) is 2.17. The van der Waals surface area contributed by atoms with Crippen LogP contribution in [-0.4, -0.2) is 31.9 Å². The third kappa shape index (κ3) is 5.60. The van der Waals surface area contributed by atoms with Crippen LogP contribution in [0.25, 0.3) is 6.08 Å². The standard InChI is InChI=1S/C17H22O4/c1-2-19-15-9-6-14(7-10-15)8-11-17(18)21-13-16-5-3-4-12-20-16/h6-11,16H,2-5,12-13H2,1H3/b11-8+. The second-order valence-corrected chi connectivity index (χ2v) is 4.95. The lowest BCUT2D eigenvalue weighted by Gasteiger charge is -2.21. The van der Waals surface area contributed by atoms with Crippen LogP contribution in [0.4, 0.5) is 0 Å². The monoisotopic (exact) mass is 290 g/mol. The highest BCUT2D eigenvalue weighted by atomic mass is 16.6. The number of benzene rings is 1. The molecule has 0 bridgehead atoms. The van der Waals surface area contributed by atoms with Gasteiger partial charge in [0.2, 0.25) is 0 Å². The van der Waals surface area contributed by atoms with Gasteiger partial charge < -0.3 is 14.2 Å². The number of hydrogen-bond acceptors (Lipinski definition) is 4. The van der Waals surface area contributed by atoms with E-state index in [-0.39, 0.29) is 12.1 Å². The average molecular weight is 290 g/mol. The Morgan fingerprint density at radius 1 is 1.33 bits per heavy atom. The highest BCUT2D eigenvalue weighted by Crippen LogP contribution is 2.14. The van der Waals surface area contributed by atoms with Crippen LogP contribution in [0.1, 0.15) is 31.7 Å². The SMILES string of the molecule is CCOc1ccc(/C=C/C(=O)OCC2CCCCO2)cc1. The Balaban J connectivity index is 1.75. The van der Waals surface area contributed by atoms with Gasteiger partial charge in [-0.05, 0) is 50.0 Å². The molecule has 4 nitrogen and oxygen atoms in total. The second-order valence-electron chi connectivity index (χ2n) is 4.95. The van der Waals surface area contributed by atoms with Crippen LogP contribution in [0.3, 0.4) is 0 Å². The summed E-state index contributed by atoms with van der Waals surface area (Å²) >= 11 is 0. The van der Waals surface area contributed by atoms with Crippen molar-refractivity contribution in [2.24, 2.45) is 0 Å². The van der Waals surface area contributed by atoms with Crippen molar-refractivity contribution in [3.8, 4) is 5.75 Å². The van der Waals surface area contributed by atoms with E-state index in [0.29, 0.717) is 13.2 Å². The van der Waals surface area contributed by atoms with Crippen molar-refractivity contribution >= 4 is 12.0 Å². The minimum atomic E-state index is -0.335. The Bertz CT molecular complexity index is 458. The number of hydrogen-bond donors (Lipinski definition) is 0. The molecule has 0 spiro atoms. The molecule has 0 amide bonds. The molecule has 1 aliphatic heterocycles. The molecule has 0 N–H and O–H groups in total. The Morgan fingerprint density at radius 2 is 2.14 bits per heavy atom. The number of carbonyl (C=O) groups is 1. The van der Waals surface area contributed by atoms with Crippen LogP contribution in [0, 0.1) is 0 Å². The Hall–Kier alpha value is -1.81. The lowest BCUT2D eigenvalue weighted by atomic mass is 10.1. The van der Waals surface area contributed by atoms with Crippen molar-refractivity contribution in [3.05, 3.63) is 35.9 Å². The van der Waals surface area contributed by atoms with Gasteiger partial charge in [0.15, 0.2) is 0 Å². The molecule has 1 atom stereocenters. The molecule has 0 saturated carbocycles. The van der Waals surface area contributed by atoms with E-state index in [4.69, 9.17) is 14.2 Å². The fourth-order valence-electron chi connectivity index (χ4n) is 2.17. The normalized spacial score (nSPS) is 18.6. The Morgan fingerprint density at radius 3 is 2.81 bits per heavy atom. The summed E-state index contributed by atoms with van der Waals surface area (Å²) in [6.07, 6.45) is 6.45. The number of esters is 1. The van der Waals surface area contributed by atoms with Crippen molar-refractivity contribution in [2.45, 2.75) is 32.3 Å². The molecule has 0 radical (unpaired) electrons. The van der Waals surface area contributed by atoms with Gasteiger partial charge in [-0.15, -0.1) is 0 Å². The molecule has 1 aromatic rings. The molecule has 1 heterocycles. The molecule has 4 heteroatoms. The average Bonchev–Trinajstić information content (AvgIpc) is 2.53. The van der Waals surface area contributed by atoms with E-state index in [9.17, 15) is 4.79 Å². The highest BCUT2D eigenvalue weighted by molar-refractivity contribution is 5.87. The zero-order valence-electron chi connectivity index (χ0n) is 12.4. The number of carbonyl (C=O) groups excluding carboxylic acids is 1. The first-order chi connectivity index (χ1) is 10.3. The lowest BCUT2D eigenvalue weighted by Crippen LogP contribution is -2.25. The third-order valence-electron chi connectivity index (χ3n) is 3.29. The smallest absolute Gasteiger partial charge is 0.330 e. The molecule has 1 unspecified atom stereocenters. The van der Waals surface area contributed by atoms with Crippen LogP contribution < -0.4 is 4.74 Å². The zero-order valence-corrected chi connectivity index (χ0v) is 12.4. The van der Waals surface area contributed by atoms with Gasteiger partial charge in [0.1, 0.15) is 12.4 Å². The summed E-state index contributed by atoms with van der Waals surface area (Å²) in [5, 5.41) is 0. The number of rotatable bonds is 6. The summed E-state index contributed by atoms with van der Waals surface area (Å²) in [5.41, 5.74) is 0.935. The zero-order chi connectivity index (χ0) is 14.9. The molecular weight excluding hydrogens is 268 g/mol. The molecule has 2 rings (SSSR count). The van der Waals surface area contributed by atoms with Gasteiger partial charge in [0.05, 0.1) is 12.7 Å². The van der Waals surface area contributed by atoms with Gasteiger partial charge in [0.25, 0.3) is 0 Å². The van der Waals surface area contributed by atoms with Gasteiger partial charge in [-0.1, -0.05) is 12.1 Å². The van der Waals surface area contributed by atoms with Gasteiger partial charge in [-0.25, -0.2) is 4.79 Å². The minimum Gasteiger partial charge on any atom is -0.494 e. The third-order valence-corrected chi connectivity index (χ3v) is 3.29. The summed E-state index contributed by atoms with van der Waals surface area (Å²) in [5.74, 6) is 0.490. The van der Waals surface area contributed by atoms with Gasteiger partial charge in [-0.2, -0.15) is 0 Å². The summed E-state index contributed by atoms with van der Waals surface area (Å²) in [7, 11) is 0. The first-order valence-corrected chi connectivity index (χ1v) is 7.47. The van der Waals surface area contributed by atoms with Crippen molar-refractivity contribution in [2.75, 3.05) is 19.8 Å². The molecule has 21 heavy (non-hydrogen) atoms. The largest absolute Gasteiger partial charge is 0.494 e. The van der Waals surface area contributed by atoms with Crippen LogP contribution in [0.2, 0.25) is 0 Å². The Labute approximate surface area is 125 Å². The first kappa shape index (κ1) is 15.6. The van der Waals surface area contributed by atoms with E-state index in [1.54, 1.807) is 6.08 Å². The summed E-state index contributed by atoms with van der Waals surface area (Å²) < 4.78 is 16.1. The molecule has 1 saturated heterocycles. The maximum atomic E-state index is 11.6. The van der Waals surface area contributed by atoms with Crippen molar-refractivity contribution < 1.29 is 19.0 Å². The summed E-state index contributed by atoms with van der Waals surface area (Å²) in [4.78, 5) is 11.6. The second kappa shape index (κ2) is 8.47. The predicted molar refractivity (Wildman–Crippen MR) is 81.2 cm³/mol. The van der Waals surface area contributed by atoms with E-state index >= 15 is 0 Å². The van der Waals surface area contributed by atoms with E-state index in [1.165, 1.54) is 6.08 Å².